The minimum atomic E-state index is -0.433. The van der Waals surface area contributed by atoms with Gasteiger partial charge in [0.05, 0.1) is 28.5 Å². The zero-order chi connectivity index (χ0) is 13.4. The van der Waals surface area contributed by atoms with Crippen LogP contribution in [-0.4, -0.2) is 17.0 Å². The van der Waals surface area contributed by atoms with Crippen molar-refractivity contribution < 1.29 is 9.66 Å². The summed E-state index contributed by atoms with van der Waals surface area (Å²) in [6, 6.07) is 12.6. The van der Waals surface area contributed by atoms with Gasteiger partial charge < -0.3 is 4.74 Å². The molecule has 3 rings (SSSR count). The Kier molecular flexibility index (Phi) is 2.52. The predicted molar refractivity (Wildman–Crippen MR) is 72.5 cm³/mol. The molecule has 0 aliphatic carbocycles. The molecule has 19 heavy (non-hydrogen) atoms. The van der Waals surface area contributed by atoms with E-state index in [0.29, 0.717) is 10.9 Å². The Morgan fingerprint density at radius 2 is 1.95 bits per heavy atom. The molecule has 0 aliphatic rings. The SMILES string of the molecule is COc1ccc2nc3ccccc3cc2c1[N+](=O)[O-]. The van der Waals surface area contributed by atoms with E-state index in [9.17, 15) is 10.1 Å². The maximum absolute atomic E-state index is 11.2. The van der Waals surface area contributed by atoms with E-state index in [4.69, 9.17) is 4.74 Å². The second-order valence-electron chi connectivity index (χ2n) is 4.12. The number of para-hydroxylation sites is 1. The first-order valence-electron chi connectivity index (χ1n) is 5.71. The molecule has 0 saturated heterocycles. The summed E-state index contributed by atoms with van der Waals surface area (Å²) < 4.78 is 5.06. The Balaban J connectivity index is 2.47. The number of methoxy groups -OCH3 is 1. The van der Waals surface area contributed by atoms with Crippen molar-refractivity contribution in [1.29, 1.82) is 0 Å². The van der Waals surface area contributed by atoms with Crippen LogP contribution in [0.1, 0.15) is 0 Å². The second-order valence-corrected chi connectivity index (χ2v) is 4.12. The van der Waals surface area contributed by atoms with Crippen LogP contribution in [-0.2, 0) is 0 Å². The third-order valence-electron chi connectivity index (χ3n) is 3.04. The van der Waals surface area contributed by atoms with Gasteiger partial charge in [0.15, 0.2) is 5.75 Å². The van der Waals surface area contributed by atoms with Crippen LogP contribution in [0.4, 0.5) is 5.69 Å². The summed E-state index contributed by atoms with van der Waals surface area (Å²) in [6.45, 7) is 0. The van der Waals surface area contributed by atoms with Crippen molar-refractivity contribution in [3.8, 4) is 5.75 Å². The van der Waals surface area contributed by atoms with Gasteiger partial charge in [-0.2, -0.15) is 0 Å². The highest BCUT2D eigenvalue weighted by atomic mass is 16.6. The molecule has 0 fully saturated rings. The van der Waals surface area contributed by atoms with E-state index in [-0.39, 0.29) is 11.4 Å². The van der Waals surface area contributed by atoms with E-state index in [1.165, 1.54) is 7.11 Å². The molecule has 94 valence electrons. The van der Waals surface area contributed by atoms with Crippen LogP contribution in [0.2, 0.25) is 0 Å². The molecule has 0 amide bonds. The van der Waals surface area contributed by atoms with Gasteiger partial charge in [-0.1, -0.05) is 18.2 Å². The lowest BCUT2D eigenvalue weighted by molar-refractivity contribution is -0.383. The number of ether oxygens (including phenoxy) is 1. The van der Waals surface area contributed by atoms with E-state index < -0.39 is 4.92 Å². The standard InChI is InChI=1S/C14H10N2O3/c1-19-13-7-6-12-10(14(13)16(17)18)8-9-4-2-3-5-11(9)15-12/h2-8H,1H3. The molecule has 1 aromatic heterocycles. The van der Waals surface area contributed by atoms with Crippen molar-refractivity contribution in [3.05, 3.63) is 52.6 Å². The van der Waals surface area contributed by atoms with E-state index in [2.05, 4.69) is 4.98 Å². The molecule has 5 nitrogen and oxygen atoms in total. The number of nitro benzene ring substituents is 1. The van der Waals surface area contributed by atoms with Crippen molar-refractivity contribution >= 4 is 27.5 Å². The Morgan fingerprint density at radius 1 is 1.16 bits per heavy atom. The third-order valence-corrected chi connectivity index (χ3v) is 3.04. The second kappa shape index (κ2) is 4.20. The molecule has 5 heteroatoms. The number of nitro groups is 1. The van der Waals surface area contributed by atoms with Crippen molar-refractivity contribution in [3.63, 3.8) is 0 Å². The number of nitrogens with zero attached hydrogens (tertiary/aromatic N) is 2. The third kappa shape index (κ3) is 1.76. The average molecular weight is 254 g/mol. The minimum absolute atomic E-state index is 0.0433. The molecule has 0 unspecified atom stereocenters. The first-order chi connectivity index (χ1) is 9.20. The largest absolute Gasteiger partial charge is 0.490 e. The number of benzene rings is 2. The topological polar surface area (TPSA) is 65.3 Å². The number of hydrogen-bond donors (Lipinski definition) is 0. The molecule has 0 aliphatic heterocycles. The Hall–Kier alpha value is -2.69. The zero-order valence-electron chi connectivity index (χ0n) is 10.2. The number of fused-ring (bicyclic) bond motifs is 2. The smallest absolute Gasteiger partial charge is 0.320 e. The first kappa shape index (κ1) is 11.4. The maximum atomic E-state index is 11.2. The van der Waals surface area contributed by atoms with Gasteiger partial charge in [0, 0.05) is 5.39 Å². The highest BCUT2D eigenvalue weighted by Gasteiger charge is 2.20. The highest BCUT2D eigenvalue weighted by Crippen LogP contribution is 2.35. The quantitative estimate of drug-likeness (QED) is 0.400. The summed E-state index contributed by atoms with van der Waals surface area (Å²) in [7, 11) is 1.42. The molecule has 0 saturated carbocycles. The van der Waals surface area contributed by atoms with Gasteiger partial charge in [-0.25, -0.2) is 4.98 Å². The predicted octanol–water partition coefficient (Wildman–Crippen LogP) is 3.30. The van der Waals surface area contributed by atoms with Gasteiger partial charge in [0.25, 0.3) is 0 Å². The number of rotatable bonds is 2. The Bertz CT molecular complexity index is 799. The normalized spacial score (nSPS) is 10.8. The molecule has 0 bridgehead atoms. The van der Waals surface area contributed by atoms with Gasteiger partial charge in [0.1, 0.15) is 0 Å². The van der Waals surface area contributed by atoms with Crippen molar-refractivity contribution in [2.75, 3.05) is 7.11 Å². The summed E-state index contributed by atoms with van der Waals surface area (Å²) >= 11 is 0. The fraction of sp³-hybridized carbons (Fsp3) is 0.0714. The fourth-order valence-corrected chi connectivity index (χ4v) is 2.17. The number of aromatic nitrogens is 1. The van der Waals surface area contributed by atoms with Gasteiger partial charge in [0.2, 0.25) is 0 Å². The molecule has 3 aromatic rings. The van der Waals surface area contributed by atoms with Crippen LogP contribution in [0.5, 0.6) is 5.75 Å². The lowest BCUT2D eigenvalue weighted by atomic mass is 10.1. The fourth-order valence-electron chi connectivity index (χ4n) is 2.17. The Labute approximate surface area is 108 Å². The maximum Gasteiger partial charge on any atom is 0.320 e. The molecule has 0 N–H and O–H groups in total. The van der Waals surface area contributed by atoms with Gasteiger partial charge in [-0.3, -0.25) is 10.1 Å². The van der Waals surface area contributed by atoms with Crippen molar-refractivity contribution in [2.24, 2.45) is 0 Å². The van der Waals surface area contributed by atoms with Crippen LogP contribution in [0.25, 0.3) is 21.8 Å². The summed E-state index contributed by atoms with van der Waals surface area (Å²) in [5, 5.41) is 12.6. The van der Waals surface area contributed by atoms with Gasteiger partial charge in [-0.05, 0) is 24.3 Å². The summed E-state index contributed by atoms with van der Waals surface area (Å²) in [6.07, 6.45) is 0. The summed E-state index contributed by atoms with van der Waals surface area (Å²) in [5.41, 5.74) is 1.36. The molecular formula is C14H10N2O3. The van der Waals surface area contributed by atoms with E-state index in [1.807, 2.05) is 24.3 Å². The van der Waals surface area contributed by atoms with Crippen LogP contribution >= 0.6 is 0 Å². The van der Waals surface area contributed by atoms with E-state index >= 15 is 0 Å². The highest BCUT2D eigenvalue weighted by molar-refractivity contribution is 5.99. The monoisotopic (exact) mass is 254 g/mol. The zero-order valence-corrected chi connectivity index (χ0v) is 10.2. The van der Waals surface area contributed by atoms with Crippen LogP contribution < -0.4 is 4.74 Å². The molecule has 2 aromatic carbocycles. The average Bonchev–Trinajstić information content (AvgIpc) is 2.43. The van der Waals surface area contributed by atoms with Crippen molar-refractivity contribution in [1.82, 2.24) is 4.98 Å². The number of pyridine rings is 1. The van der Waals surface area contributed by atoms with E-state index in [1.54, 1.807) is 18.2 Å². The molecule has 0 radical (unpaired) electrons. The van der Waals surface area contributed by atoms with Crippen LogP contribution in [0, 0.1) is 10.1 Å². The van der Waals surface area contributed by atoms with Crippen LogP contribution in [0.3, 0.4) is 0 Å². The van der Waals surface area contributed by atoms with Gasteiger partial charge >= 0.3 is 5.69 Å². The summed E-state index contributed by atoms with van der Waals surface area (Å²) in [5.74, 6) is 0.245. The van der Waals surface area contributed by atoms with Gasteiger partial charge in [-0.15, -0.1) is 0 Å². The van der Waals surface area contributed by atoms with Crippen LogP contribution in [0.15, 0.2) is 42.5 Å². The summed E-state index contributed by atoms with van der Waals surface area (Å²) in [4.78, 5) is 15.2. The number of hydrogen-bond acceptors (Lipinski definition) is 4. The Morgan fingerprint density at radius 3 is 2.68 bits per heavy atom. The molecule has 0 atom stereocenters. The lowest BCUT2D eigenvalue weighted by Gasteiger charge is -2.06. The molecule has 1 heterocycles. The molecular weight excluding hydrogens is 244 g/mol. The van der Waals surface area contributed by atoms with Crippen molar-refractivity contribution in [2.45, 2.75) is 0 Å². The molecule has 0 spiro atoms. The van der Waals surface area contributed by atoms with E-state index in [0.717, 1.165) is 10.9 Å². The lowest BCUT2D eigenvalue weighted by Crippen LogP contribution is -1.96. The minimum Gasteiger partial charge on any atom is -0.490 e. The first-order valence-corrected chi connectivity index (χ1v) is 5.71.